The molecule has 3 rings (SSSR count). The van der Waals surface area contributed by atoms with Gasteiger partial charge in [-0.3, -0.25) is 0 Å². The normalized spacial score (nSPS) is 32.7. The Morgan fingerprint density at radius 3 is 2.79 bits per heavy atom. The lowest BCUT2D eigenvalue weighted by Gasteiger charge is -2.37. The number of hydrogen-bond donors (Lipinski definition) is 2. The molecule has 134 valence electrons. The van der Waals surface area contributed by atoms with Gasteiger partial charge in [-0.2, -0.15) is 0 Å². The van der Waals surface area contributed by atoms with E-state index in [1.807, 2.05) is 0 Å². The van der Waals surface area contributed by atoms with E-state index in [0.717, 1.165) is 13.1 Å². The third kappa shape index (κ3) is 4.16. The zero-order valence-electron chi connectivity index (χ0n) is 15.1. The van der Waals surface area contributed by atoms with Crippen molar-refractivity contribution in [2.24, 2.45) is 10.8 Å². The number of aliphatic hydroxyl groups excluding tert-OH is 1. The maximum Gasteiger partial charge on any atom is 0.128 e. The first-order chi connectivity index (χ1) is 11.3. The molecule has 3 nitrogen and oxygen atoms in total. The molecule has 4 atom stereocenters. The summed E-state index contributed by atoms with van der Waals surface area (Å²) in [6, 6.07) is 7.28. The Morgan fingerprint density at radius 2 is 2.04 bits per heavy atom. The van der Waals surface area contributed by atoms with Crippen LogP contribution in [-0.4, -0.2) is 36.9 Å². The highest BCUT2D eigenvalue weighted by molar-refractivity contribution is 5.16. The Kier molecular flexibility index (Phi) is 5.01. The average molecular weight is 336 g/mol. The summed E-state index contributed by atoms with van der Waals surface area (Å²) < 4.78 is 19.1. The van der Waals surface area contributed by atoms with E-state index < -0.39 is 6.10 Å². The highest BCUT2D eigenvalue weighted by Gasteiger charge is 2.52. The van der Waals surface area contributed by atoms with E-state index in [9.17, 15) is 9.50 Å². The molecule has 24 heavy (non-hydrogen) atoms. The quantitative estimate of drug-likeness (QED) is 0.835. The summed E-state index contributed by atoms with van der Waals surface area (Å²) >= 11 is 0. The number of benzene rings is 1. The number of rotatable bonds is 6. The van der Waals surface area contributed by atoms with Gasteiger partial charge in [0.15, 0.2) is 0 Å². The summed E-state index contributed by atoms with van der Waals surface area (Å²) in [5.74, 6) is -0.249. The van der Waals surface area contributed by atoms with Crippen molar-refractivity contribution in [1.82, 2.24) is 0 Å². The minimum atomic E-state index is -0.488. The van der Waals surface area contributed by atoms with Gasteiger partial charge in [0.2, 0.25) is 0 Å². The van der Waals surface area contributed by atoms with E-state index in [-0.39, 0.29) is 19.0 Å². The number of nitrogens with one attached hydrogen (secondary N) is 1. The first-order valence-corrected chi connectivity index (χ1v) is 9.10. The predicted molar refractivity (Wildman–Crippen MR) is 92.3 cm³/mol. The molecule has 1 aromatic rings. The van der Waals surface area contributed by atoms with Crippen molar-refractivity contribution in [3.63, 3.8) is 0 Å². The molecule has 1 heterocycles. The molecule has 0 radical (unpaired) electrons. The average Bonchev–Trinajstić information content (AvgIpc) is 2.69. The maximum atomic E-state index is 13.6. The van der Waals surface area contributed by atoms with Crippen molar-refractivity contribution in [3.05, 3.63) is 35.6 Å². The van der Waals surface area contributed by atoms with Crippen LogP contribution in [0.25, 0.3) is 0 Å². The standard InChI is InChI=1S/C20H30FNO2/c1-19(2)8-16-9-20(3,13-19)14-22(16)10-17(23)12-24-11-15-6-4-5-7-18(15)21/h4-7,16-17,23H,8-14H2,1-3H3/p+1/t16-,17+,20-/m1/s1. The van der Waals surface area contributed by atoms with Gasteiger partial charge in [-0.25, -0.2) is 4.39 Å². The molecule has 4 heteroatoms. The van der Waals surface area contributed by atoms with Crippen LogP contribution in [0.2, 0.25) is 0 Å². The lowest BCUT2D eigenvalue weighted by Crippen LogP contribution is -3.15. The summed E-state index contributed by atoms with van der Waals surface area (Å²) in [7, 11) is 0. The molecule has 2 aliphatic rings. The van der Waals surface area contributed by atoms with Crippen LogP contribution in [0.15, 0.2) is 24.3 Å². The zero-order valence-corrected chi connectivity index (χ0v) is 15.1. The van der Waals surface area contributed by atoms with Gasteiger partial charge in [-0.05, 0) is 17.9 Å². The van der Waals surface area contributed by atoms with E-state index in [1.54, 1.807) is 18.2 Å². The first-order valence-electron chi connectivity index (χ1n) is 9.10. The van der Waals surface area contributed by atoms with Crippen molar-refractivity contribution >= 4 is 0 Å². The van der Waals surface area contributed by atoms with Gasteiger partial charge in [0, 0.05) is 23.8 Å². The second-order valence-electron chi connectivity index (χ2n) is 9.06. The van der Waals surface area contributed by atoms with Crippen molar-refractivity contribution < 1.29 is 19.1 Å². The van der Waals surface area contributed by atoms with Crippen molar-refractivity contribution in [2.75, 3.05) is 19.7 Å². The fourth-order valence-electron chi connectivity index (χ4n) is 5.27. The molecule has 2 fully saturated rings. The van der Waals surface area contributed by atoms with Gasteiger partial charge in [0.25, 0.3) is 0 Å². The topological polar surface area (TPSA) is 33.9 Å². The van der Waals surface area contributed by atoms with Crippen LogP contribution in [0.1, 0.15) is 45.6 Å². The summed E-state index contributed by atoms with van der Waals surface area (Å²) in [5.41, 5.74) is 1.37. The fourth-order valence-corrected chi connectivity index (χ4v) is 5.27. The zero-order chi connectivity index (χ0) is 17.4. The van der Waals surface area contributed by atoms with E-state index >= 15 is 0 Å². The number of quaternary nitrogens is 1. The number of fused-ring (bicyclic) bond motifs is 2. The SMILES string of the molecule is CC1(C)C[C@@H]2C[C@@](C)(C[NH+]2C[C@H](O)COCc2ccccc2F)C1. The van der Waals surface area contributed by atoms with Crippen LogP contribution in [0.3, 0.4) is 0 Å². The van der Waals surface area contributed by atoms with Crippen LogP contribution < -0.4 is 4.90 Å². The second-order valence-corrected chi connectivity index (χ2v) is 9.06. The predicted octanol–water partition coefficient (Wildman–Crippen LogP) is 2.19. The Balaban J connectivity index is 1.47. The minimum Gasteiger partial charge on any atom is -0.385 e. The molecular weight excluding hydrogens is 305 g/mol. The van der Waals surface area contributed by atoms with Gasteiger partial charge >= 0.3 is 0 Å². The number of halogens is 1. The molecule has 0 spiro atoms. The molecule has 2 bridgehead atoms. The van der Waals surface area contributed by atoms with Crippen LogP contribution in [0.5, 0.6) is 0 Å². The molecule has 1 saturated carbocycles. The number of likely N-dealkylation sites (tertiary alicyclic amines) is 1. The molecule has 1 aliphatic carbocycles. The minimum absolute atomic E-state index is 0.216. The van der Waals surface area contributed by atoms with Gasteiger partial charge in [0.05, 0.1) is 25.8 Å². The Hall–Kier alpha value is -0.970. The van der Waals surface area contributed by atoms with Gasteiger partial charge in [-0.15, -0.1) is 0 Å². The van der Waals surface area contributed by atoms with E-state index in [0.29, 0.717) is 22.4 Å². The maximum absolute atomic E-state index is 13.6. The second kappa shape index (κ2) is 6.74. The summed E-state index contributed by atoms with van der Waals surface area (Å²) in [5, 5.41) is 10.4. The highest BCUT2D eigenvalue weighted by atomic mass is 19.1. The summed E-state index contributed by atoms with van der Waals surface area (Å²) in [6.45, 7) is 9.49. The molecular formula is C20H31FNO2+. The Morgan fingerprint density at radius 1 is 1.29 bits per heavy atom. The molecule has 1 unspecified atom stereocenters. The summed E-state index contributed by atoms with van der Waals surface area (Å²) in [6.07, 6.45) is 3.30. The molecule has 0 amide bonds. The van der Waals surface area contributed by atoms with Crippen LogP contribution in [-0.2, 0) is 11.3 Å². The van der Waals surface area contributed by atoms with Gasteiger partial charge in [0.1, 0.15) is 18.5 Å². The van der Waals surface area contributed by atoms with Crippen LogP contribution >= 0.6 is 0 Å². The van der Waals surface area contributed by atoms with E-state index in [1.165, 1.54) is 30.2 Å². The summed E-state index contributed by atoms with van der Waals surface area (Å²) in [4.78, 5) is 1.52. The van der Waals surface area contributed by atoms with Crippen molar-refractivity contribution in [3.8, 4) is 0 Å². The van der Waals surface area contributed by atoms with Crippen molar-refractivity contribution in [1.29, 1.82) is 0 Å². The monoisotopic (exact) mass is 336 g/mol. The third-order valence-electron chi connectivity index (χ3n) is 5.70. The molecule has 0 aromatic heterocycles. The molecule has 1 saturated heterocycles. The van der Waals surface area contributed by atoms with Crippen LogP contribution in [0, 0.1) is 16.6 Å². The largest absolute Gasteiger partial charge is 0.385 e. The molecule has 1 aliphatic heterocycles. The van der Waals surface area contributed by atoms with Gasteiger partial charge < -0.3 is 14.7 Å². The molecule has 1 aromatic carbocycles. The lowest BCUT2D eigenvalue weighted by atomic mass is 9.65. The lowest BCUT2D eigenvalue weighted by molar-refractivity contribution is -0.917. The van der Waals surface area contributed by atoms with Crippen LogP contribution in [0.4, 0.5) is 4.39 Å². The van der Waals surface area contributed by atoms with E-state index in [4.69, 9.17) is 4.74 Å². The number of ether oxygens (including phenoxy) is 1. The highest BCUT2D eigenvalue weighted by Crippen LogP contribution is 2.47. The Bertz CT molecular complexity index is 577. The smallest absolute Gasteiger partial charge is 0.128 e. The van der Waals surface area contributed by atoms with E-state index in [2.05, 4.69) is 20.8 Å². The number of aliphatic hydroxyl groups is 1. The fraction of sp³-hybridized carbons (Fsp3) is 0.700. The third-order valence-corrected chi connectivity index (χ3v) is 5.70. The first kappa shape index (κ1) is 17.8. The number of hydrogen-bond acceptors (Lipinski definition) is 2. The Labute approximate surface area is 144 Å². The van der Waals surface area contributed by atoms with Gasteiger partial charge in [-0.1, -0.05) is 39.0 Å². The van der Waals surface area contributed by atoms with Crippen molar-refractivity contribution in [2.45, 2.75) is 58.8 Å². The molecule has 2 N–H and O–H groups in total.